The van der Waals surface area contributed by atoms with Crippen molar-refractivity contribution in [2.24, 2.45) is 0 Å². The van der Waals surface area contributed by atoms with Gasteiger partial charge in [0.05, 0.1) is 11.0 Å². The molecular formula is C11H10BrN3O2. The smallest absolute Gasteiger partial charge is 0.314 e. The zero-order valence-electron chi connectivity index (χ0n) is 9.13. The predicted molar refractivity (Wildman–Crippen MR) is 68.1 cm³/mol. The van der Waals surface area contributed by atoms with Gasteiger partial charge < -0.3 is 9.97 Å². The van der Waals surface area contributed by atoms with E-state index in [1.807, 2.05) is 13.1 Å². The number of benzene rings is 1. The van der Waals surface area contributed by atoms with Crippen LogP contribution < -0.4 is 11.1 Å². The zero-order chi connectivity index (χ0) is 12.2. The number of nitrogens with one attached hydrogen (secondary N) is 2. The zero-order valence-corrected chi connectivity index (χ0v) is 10.7. The highest BCUT2D eigenvalue weighted by atomic mass is 79.9. The van der Waals surface area contributed by atoms with Crippen molar-refractivity contribution in [2.75, 3.05) is 7.05 Å². The number of H-pyrrole nitrogens is 2. The molecule has 2 aromatic rings. The molecule has 0 aliphatic carbocycles. The molecule has 0 bridgehead atoms. The van der Waals surface area contributed by atoms with Crippen LogP contribution in [-0.4, -0.2) is 21.9 Å². The van der Waals surface area contributed by atoms with E-state index in [-0.39, 0.29) is 0 Å². The van der Waals surface area contributed by atoms with Gasteiger partial charge in [0.2, 0.25) is 0 Å². The van der Waals surface area contributed by atoms with Gasteiger partial charge in [-0.2, -0.15) is 0 Å². The normalized spacial score (nSPS) is 15.4. The molecule has 88 valence electrons. The number of rotatable bonds is 0. The van der Waals surface area contributed by atoms with Gasteiger partial charge in [-0.05, 0) is 24.2 Å². The molecule has 0 spiro atoms. The second-order valence-corrected chi connectivity index (χ2v) is 5.17. The number of hydrogen-bond acceptors (Lipinski definition) is 3. The van der Waals surface area contributed by atoms with Gasteiger partial charge in [0.1, 0.15) is 0 Å². The van der Waals surface area contributed by atoms with Crippen LogP contribution in [0.1, 0.15) is 11.1 Å². The fourth-order valence-electron chi connectivity index (χ4n) is 2.28. The molecule has 1 aliphatic rings. The molecule has 1 aliphatic heterocycles. The summed E-state index contributed by atoms with van der Waals surface area (Å²) >= 11 is 3.50. The molecule has 2 heterocycles. The lowest BCUT2D eigenvalue weighted by molar-refractivity contribution is 0.353. The van der Waals surface area contributed by atoms with E-state index in [1.165, 1.54) is 5.56 Å². The number of fused-ring (bicyclic) bond motifs is 3. The Morgan fingerprint density at radius 1 is 1.18 bits per heavy atom. The van der Waals surface area contributed by atoms with Gasteiger partial charge in [0, 0.05) is 17.6 Å². The van der Waals surface area contributed by atoms with Crippen LogP contribution in [0.25, 0.3) is 11.0 Å². The Labute approximate surface area is 105 Å². The lowest BCUT2D eigenvalue weighted by Crippen LogP contribution is -2.29. The summed E-state index contributed by atoms with van der Waals surface area (Å²) in [6.07, 6.45) is 0. The molecule has 0 saturated heterocycles. The van der Waals surface area contributed by atoms with E-state index in [0.717, 1.165) is 28.6 Å². The fraction of sp³-hybridized carbons (Fsp3) is 0.273. The molecule has 1 aromatic carbocycles. The molecule has 1 aromatic heterocycles. The van der Waals surface area contributed by atoms with Gasteiger partial charge in [-0.1, -0.05) is 15.9 Å². The molecule has 2 N–H and O–H groups in total. The average Bonchev–Trinajstić information content (AvgIpc) is 2.64. The van der Waals surface area contributed by atoms with Gasteiger partial charge in [-0.15, -0.1) is 0 Å². The molecule has 0 amide bonds. The predicted octanol–water partition coefficient (Wildman–Crippen LogP) is 0.924. The molecule has 17 heavy (non-hydrogen) atoms. The highest BCUT2D eigenvalue weighted by Crippen LogP contribution is 2.32. The first-order valence-electron chi connectivity index (χ1n) is 5.21. The van der Waals surface area contributed by atoms with Crippen LogP contribution in [0.2, 0.25) is 0 Å². The van der Waals surface area contributed by atoms with Crippen molar-refractivity contribution >= 4 is 27.0 Å². The Balaban J connectivity index is 2.46. The van der Waals surface area contributed by atoms with Crippen molar-refractivity contribution in [2.45, 2.75) is 13.1 Å². The molecule has 0 unspecified atom stereocenters. The molecular weight excluding hydrogens is 286 g/mol. The van der Waals surface area contributed by atoms with Gasteiger partial charge in [-0.3, -0.25) is 14.5 Å². The molecule has 0 saturated carbocycles. The average molecular weight is 296 g/mol. The van der Waals surface area contributed by atoms with E-state index < -0.39 is 11.1 Å². The second kappa shape index (κ2) is 3.54. The van der Waals surface area contributed by atoms with Crippen LogP contribution in [0.3, 0.4) is 0 Å². The van der Waals surface area contributed by atoms with Crippen LogP contribution in [0.15, 0.2) is 20.1 Å². The van der Waals surface area contributed by atoms with Gasteiger partial charge in [-0.25, -0.2) is 0 Å². The van der Waals surface area contributed by atoms with Gasteiger partial charge in [0.15, 0.2) is 0 Å². The summed E-state index contributed by atoms with van der Waals surface area (Å²) in [5, 5.41) is 0. The third kappa shape index (κ3) is 1.56. The number of halogens is 1. The first-order valence-corrected chi connectivity index (χ1v) is 6.00. The van der Waals surface area contributed by atoms with E-state index in [1.54, 1.807) is 0 Å². The minimum atomic E-state index is -0.615. The number of aromatic nitrogens is 2. The summed E-state index contributed by atoms with van der Waals surface area (Å²) in [5.74, 6) is 0. The van der Waals surface area contributed by atoms with E-state index in [4.69, 9.17) is 0 Å². The van der Waals surface area contributed by atoms with Crippen LogP contribution in [0, 0.1) is 0 Å². The summed E-state index contributed by atoms with van der Waals surface area (Å²) < 4.78 is 0.965. The Kier molecular flexibility index (Phi) is 2.24. The van der Waals surface area contributed by atoms with E-state index in [2.05, 4.69) is 30.8 Å². The Morgan fingerprint density at radius 2 is 1.82 bits per heavy atom. The quantitative estimate of drug-likeness (QED) is 0.710. The maximum atomic E-state index is 11.4. The largest absolute Gasteiger partial charge is 0.316 e. The molecule has 0 radical (unpaired) electrons. The summed E-state index contributed by atoms with van der Waals surface area (Å²) in [4.78, 5) is 30.1. The number of nitrogens with zero attached hydrogens (tertiary/aromatic N) is 1. The molecule has 5 nitrogen and oxygen atoms in total. The topological polar surface area (TPSA) is 69.0 Å². The third-order valence-electron chi connectivity index (χ3n) is 3.04. The van der Waals surface area contributed by atoms with Crippen molar-refractivity contribution in [1.29, 1.82) is 0 Å². The summed E-state index contributed by atoms with van der Waals surface area (Å²) in [6.45, 7) is 1.61. The van der Waals surface area contributed by atoms with Crippen molar-refractivity contribution in [3.8, 4) is 0 Å². The van der Waals surface area contributed by atoms with Crippen molar-refractivity contribution in [3.05, 3.63) is 42.4 Å². The van der Waals surface area contributed by atoms with Crippen molar-refractivity contribution in [1.82, 2.24) is 14.9 Å². The highest BCUT2D eigenvalue weighted by Gasteiger charge is 2.22. The molecule has 0 atom stereocenters. The summed E-state index contributed by atoms with van der Waals surface area (Å²) in [7, 11) is 2.02. The van der Waals surface area contributed by atoms with Crippen LogP contribution >= 0.6 is 15.9 Å². The molecule has 6 heteroatoms. The summed E-state index contributed by atoms with van der Waals surface area (Å²) in [6, 6.07) is 1.84. The first-order chi connectivity index (χ1) is 8.06. The van der Waals surface area contributed by atoms with Crippen LogP contribution in [0.5, 0.6) is 0 Å². The van der Waals surface area contributed by atoms with E-state index >= 15 is 0 Å². The van der Waals surface area contributed by atoms with Crippen LogP contribution in [-0.2, 0) is 13.1 Å². The lowest BCUT2D eigenvalue weighted by Gasteiger charge is -2.05. The molecule has 3 rings (SSSR count). The Morgan fingerprint density at radius 3 is 2.59 bits per heavy atom. The van der Waals surface area contributed by atoms with Gasteiger partial charge >= 0.3 is 11.1 Å². The monoisotopic (exact) mass is 295 g/mol. The maximum absolute atomic E-state index is 11.4. The Hall–Kier alpha value is -1.40. The van der Waals surface area contributed by atoms with E-state index in [9.17, 15) is 9.59 Å². The lowest BCUT2D eigenvalue weighted by atomic mass is 10.1. The van der Waals surface area contributed by atoms with Gasteiger partial charge in [0.25, 0.3) is 0 Å². The summed E-state index contributed by atoms with van der Waals surface area (Å²) in [5.41, 5.74) is 2.42. The Bertz CT molecular complexity index is 732. The second-order valence-electron chi connectivity index (χ2n) is 4.32. The van der Waals surface area contributed by atoms with Crippen molar-refractivity contribution in [3.63, 3.8) is 0 Å². The fourth-order valence-corrected chi connectivity index (χ4v) is 2.87. The molecule has 0 fully saturated rings. The number of hydrogen-bond donors (Lipinski definition) is 2. The van der Waals surface area contributed by atoms with E-state index in [0.29, 0.717) is 5.52 Å². The maximum Gasteiger partial charge on any atom is 0.314 e. The minimum Gasteiger partial charge on any atom is -0.316 e. The standard InChI is InChI=1S/C11H10BrN3O2/c1-15-3-5-6(4-15)9-8(2-7(5)12)13-10(16)11(17)14-9/h2H,3-4H2,1H3,(H,13,16)(H,14,17). The third-order valence-corrected chi connectivity index (χ3v) is 3.75. The highest BCUT2D eigenvalue weighted by molar-refractivity contribution is 9.10. The minimum absolute atomic E-state index is 0.600. The number of aromatic amines is 2. The SMILES string of the molecule is CN1Cc2c(Br)cc3[nH]c(=O)c(=O)[nH]c3c2C1. The van der Waals surface area contributed by atoms with Crippen LogP contribution in [0.4, 0.5) is 0 Å². The van der Waals surface area contributed by atoms with Crippen molar-refractivity contribution < 1.29 is 0 Å². The first kappa shape index (κ1) is 10.7.